The minimum absolute atomic E-state index is 0.133. The van der Waals surface area contributed by atoms with Gasteiger partial charge in [0.2, 0.25) is 11.7 Å². The molecule has 0 spiro atoms. The smallest absolute Gasteiger partial charge is 0.219 e. The Hall–Kier alpha value is -2.62. The monoisotopic (exact) mass is 558 g/mol. The number of amides is 1. The Kier molecular flexibility index (Phi) is 8.26. The molecule has 38 heavy (non-hydrogen) atoms. The molecule has 0 N–H and O–H groups in total. The van der Waals surface area contributed by atoms with E-state index in [9.17, 15) is 4.79 Å². The lowest BCUT2D eigenvalue weighted by Gasteiger charge is -2.34. The lowest BCUT2D eigenvalue weighted by Crippen LogP contribution is -2.47. The number of hydrogen-bond acceptors (Lipinski definition) is 6. The molecule has 2 unspecified atom stereocenters. The third-order valence-electron chi connectivity index (χ3n) is 7.02. The quantitative estimate of drug-likeness (QED) is 0.405. The molecule has 2 fully saturated rings. The van der Waals surface area contributed by atoms with Crippen LogP contribution >= 0.6 is 23.2 Å². The summed E-state index contributed by atoms with van der Waals surface area (Å²) < 4.78 is 20.9. The molecule has 10 heteroatoms. The second-order valence-electron chi connectivity index (χ2n) is 9.86. The summed E-state index contributed by atoms with van der Waals surface area (Å²) in [4.78, 5) is 20.0. The number of carbonyl (C=O) groups excluding carboxylic acids is 1. The number of carbonyl (C=O) groups is 1. The van der Waals surface area contributed by atoms with Gasteiger partial charge >= 0.3 is 0 Å². The fourth-order valence-electron chi connectivity index (χ4n) is 5.03. The second-order valence-corrected chi connectivity index (χ2v) is 10.7. The summed E-state index contributed by atoms with van der Waals surface area (Å²) in [6, 6.07) is 11.6. The van der Waals surface area contributed by atoms with Crippen LogP contribution in [-0.2, 0) is 33.1 Å². The van der Waals surface area contributed by atoms with Crippen LogP contribution in [0.2, 0.25) is 10.0 Å². The molecule has 0 bridgehead atoms. The highest BCUT2D eigenvalue weighted by molar-refractivity contribution is 6.32. The number of piperazine rings is 1. The Labute approximate surface area is 233 Å². The first kappa shape index (κ1) is 27.0. The van der Waals surface area contributed by atoms with Gasteiger partial charge in [-0.15, -0.1) is 0 Å². The van der Waals surface area contributed by atoms with E-state index in [2.05, 4.69) is 16.0 Å². The topological polar surface area (TPSA) is 69.1 Å². The minimum Gasteiger partial charge on any atom is -0.489 e. The Bertz CT molecular complexity index is 1220. The van der Waals surface area contributed by atoms with E-state index in [1.54, 1.807) is 19.4 Å². The predicted octanol–water partition coefficient (Wildman–Crippen LogP) is 4.51. The molecular weight excluding hydrogens is 527 g/mol. The molecule has 5 rings (SSSR count). The van der Waals surface area contributed by atoms with Gasteiger partial charge in [0.15, 0.2) is 0 Å². The van der Waals surface area contributed by atoms with Crippen LogP contribution in [-0.4, -0.2) is 70.8 Å². The number of aryl methyl sites for hydroxylation is 1. The molecule has 202 valence electrons. The van der Waals surface area contributed by atoms with Gasteiger partial charge in [0, 0.05) is 62.6 Å². The first-order valence-electron chi connectivity index (χ1n) is 12.7. The number of imidazole rings is 1. The van der Waals surface area contributed by atoms with Crippen LogP contribution in [0.25, 0.3) is 0 Å². The second kappa shape index (κ2) is 11.6. The molecule has 2 aliphatic heterocycles. The van der Waals surface area contributed by atoms with Crippen molar-refractivity contribution < 1.29 is 19.0 Å². The average Bonchev–Trinajstić information content (AvgIpc) is 3.55. The summed E-state index contributed by atoms with van der Waals surface area (Å²) in [5.74, 6) is -0.193. The molecule has 2 saturated heterocycles. The Balaban J connectivity index is 1.22. The van der Waals surface area contributed by atoms with E-state index < -0.39 is 5.79 Å². The van der Waals surface area contributed by atoms with E-state index in [0.717, 1.165) is 49.4 Å². The number of halogens is 2. The summed E-state index contributed by atoms with van der Waals surface area (Å²) in [7, 11) is 0. The molecule has 8 nitrogen and oxygen atoms in total. The van der Waals surface area contributed by atoms with Gasteiger partial charge < -0.3 is 23.7 Å². The van der Waals surface area contributed by atoms with E-state index >= 15 is 0 Å². The van der Waals surface area contributed by atoms with Crippen LogP contribution in [0.4, 0.5) is 0 Å². The highest BCUT2D eigenvalue weighted by Crippen LogP contribution is 2.38. The van der Waals surface area contributed by atoms with Crippen molar-refractivity contribution in [2.24, 2.45) is 0 Å². The third-order valence-corrected chi connectivity index (χ3v) is 7.55. The van der Waals surface area contributed by atoms with E-state index in [-0.39, 0.29) is 12.0 Å². The van der Waals surface area contributed by atoms with Crippen molar-refractivity contribution in [2.75, 3.05) is 39.4 Å². The first-order chi connectivity index (χ1) is 18.3. The maximum atomic E-state index is 11.6. The van der Waals surface area contributed by atoms with Crippen LogP contribution in [0.3, 0.4) is 0 Å². The Morgan fingerprint density at radius 3 is 2.58 bits per heavy atom. The predicted molar refractivity (Wildman–Crippen MR) is 145 cm³/mol. The van der Waals surface area contributed by atoms with E-state index in [1.807, 2.05) is 52.9 Å². The van der Waals surface area contributed by atoms with Crippen LogP contribution in [0.5, 0.6) is 5.75 Å². The van der Waals surface area contributed by atoms with Gasteiger partial charge in [-0.1, -0.05) is 41.4 Å². The lowest BCUT2D eigenvalue weighted by atomic mass is 10.1. The zero-order valence-electron chi connectivity index (χ0n) is 21.6. The number of benzene rings is 2. The molecule has 2 aliphatic rings. The lowest BCUT2D eigenvalue weighted by molar-refractivity contribution is -0.189. The maximum absolute atomic E-state index is 11.6. The molecule has 2 atom stereocenters. The van der Waals surface area contributed by atoms with Gasteiger partial charge in [0.05, 0.1) is 24.5 Å². The van der Waals surface area contributed by atoms with E-state index in [1.165, 1.54) is 0 Å². The number of aromatic nitrogens is 2. The largest absolute Gasteiger partial charge is 0.489 e. The van der Waals surface area contributed by atoms with Crippen molar-refractivity contribution in [1.82, 2.24) is 19.4 Å². The van der Waals surface area contributed by atoms with Crippen LogP contribution in [0.15, 0.2) is 55.1 Å². The van der Waals surface area contributed by atoms with Crippen molar-refractivity contribution in [3.8, 4) is 5.75 Å². The maximum Gasteiger partial charge on any atom is 0.219 e. The zero-order chi connectivity index (χ0) is 26.7. The average molecular weight is 559 g/mol. The van der Waals surface area contributed by atoms with E-state index in [4.69, 9.17) is 37.4 Å². The SMILES string of the molecule is CC(=O)N1CCN(Cc2cc(C)c(OCC3COC(Cn4ccnc4)(c4ccc(Cl)cc4)O3)c(Cl)c2)CC1. The molecule has 3 heterocycles. The molecule has 2 aromatic carbocycles. The number of rotatable bonds is 8. The molecule has 1 amide bonds. The number of nitrogens with zero attached hydrogens (tertiary/aromatic N) is 4. The Morgan fingerprint density at radius 2 is 1.92 bits per heavy atom. The molecule has 3 aromatic rings. The highest BCUT2D eigenvalue weighted by Gasteiger charge is 2.44. The normalized spacial score (nSPS) is 22.1. The molecule has 1 aromatic heterocycles. The third kappa shape index (κ3) is 6.16. The zero-order valence-corrected chi connectivity index (χ0v) is 23.1. The van der Waals surface area contributed by atoms with Crippen molar-refractivity contribution >= 4 is 29.1 Å². The first-order valence-corrected chi connectivity index (χ1v) is 13.5. The molecule has 0 radical (unpaired) electrons. The van der Waals surface area contributed by atoms with Gasteiger partial charge in [-0.3, -0.25) is 9.69 Å². The molecule has 0 saturated carbocycles. The van der Waals surface area contributed by atoms with Gasteiger partial charge in [-0.2, -0.15) is 0 Å². The van der Waals surface area contributed by atoms with Crippen molar-refractivity contribution in [3.05, 3.63) is 81.9 Å². The summed E-state index contributed by atoms with van der Waals surface area (Å²) in [6.45, 7) is 8.73. The van der Waals surface area contributed by atoms with Crippen molar-refractivity contribution in [1.29, 1.82) is 0 Å². The number of ether oxygens (including phenoxy) is 3. The van der Waals surface area contributed by atoms with Gasteiger partial charge in [0.1, 0.15) is 18.5 Å². The van der Waals surface area contributed by atoms with Gasteiger partial charge in [0.25, 0.3) is 0 Å². The summed E-state index contributed by atoms with van der Waals surface area (Å²) >= 11 is 12.8. The fourth-order valence-corrected chi connectivity index (χ4v) is 5.50. The van der Waals surface area contributed by atoms with Gasteiger partial charge in [-0.05, 0) is 36.2 Å². The fraction of sp³-hybridized carbons (Fsp3) is 0.429. The molecular formula is C28H32Cl2N4O4. The number of hydrogen-bond donors (Lipinski definition) is 0. The van der Waals surface area contributed by atoms with Crippen molar-refractivity contribution in [3.63, 3.8) is 0 Å². The van der Waals surface area contributed by atoms with Crippen molar-refractivity contribution in [2.45, 2.75) is 38.8 Å². The molecule has 0 aliphatic carbocycles. The summed E-state index contributed by atoms with van der Waals surface area (Å²) in [5.41, 5.74) is 2.97. The highest BCUT2D eigenvalue weighted by atomic mass is 35.5. The Morgan fingerprint density at radius 1 is 1.16 bits per heavy atom. The van der Waals surface area contributed by atoms with Crippen LogP contribution in [0.1, 0.15) is 23.6 Å². The van der Waals surface area contributed by atoms with E-state index in [0.29, 0.717) is 35.6 Å². The summed E-state index contributed by atoms with van der Waals surface area (Å²) in [6.07, 6.45) is 5.05. The minimum atomic E-state index is -0.978. The standard InChI is InChI=1S/C28H32Cl2N4O4/c1-20-13-22(15-32-9-11-34(12-10-32)21(2)35)14-26(30)27(20)36-16-25-17-37-28(38-25,18-33-8-7-31-19-33)23-3-5-24(29)6-4-23/h3-8,13-14,19,25H,9-12,15-18H2,1-2H3. The van der Waals surface area contributed by atoms with Gasteiger partial charge in [-0.25, -0.2) is 4.98 Å². The van der Waals surface area contributed by atoms with Crippen LogP contribution in [0, 0.1) is 6.92 Å². The van der Waals surface area contributed by atoms with Crippen LogP contribution < -0.4 is 4.74 Å². The summed E-state index contributed by atoms with van der Waals surface area (Å²) in [5, 5.41) is 1.22.